The maximum atomic E-state index is 11.9. The second kappa shape index (κ2) is 4.85. The van der Waals surface area contributed by atoms with Crippen molar-refractivity contribution in [2.75, 3.05) is 0 Å². The Bertz CT molecular complexity index is 495. The predicted molar refractivity (Wildman–Crippen MR) is 68.2 cm³/mol. The molecule has 1 aromatic carbocycles. The van der Waals surface area contributed by atoms with Crippen LogP contribution in [0.3, 0.4) is 0 Å². The minimum atomic E-state index is -3.51. The van der Waals surface area contributed by atoms with Crippen molar-refractivity contribution in [3.8, 4) is 0 Å². The smallest absolute Gasteiger partial charge is 0.216 e. The summed E-state index contributed by atoms with van der Waals surface area (Å²) in [5, 5.41) is 7.31. The zero-order valence-electron chi connectivity index (χ0n) is 9.90. The fraction of sp³-hybridized carbons (Fsp3) is 0.364. The van der Waals surface area contributed by atoms with E-state index in [1.807, 2.05) is 6.07 Å². The van der Waals surface area contributed by atoms with Crippen LogP contribution in [0.2, 0.25) is 0 Å². The molecular weight excluding hydrogens is 238 g/mol. The third-order valence-electron chi connectivity index (χ3n) is 2.28. The van der Waals surface area contributed by atoms with E-state index in [1.54, 1.807) is 38.1 Å². The van der Waals surface area contributed by atoms with Gasteiger partial charge in [0.1, 0.15) is 5.84 Å². The Hall–Kier alpha value is -1.40. The lowest BCUT2D eigenvalue weighted by molar-refractivity contribution is 0.541. The van der Waals surface area contributed by atoms with Crippen molar-refractivity contribution in [3.63, 3.8) is 0 Å². The lowest BCUT2D eigenvalue weighted by Gasteiger charge is -2.24. The van der Waals surface area contributed by atoms with E-state index in [9.17, 15) is 8.42 Å². The average molecular weight is 255 g/mol. The van der Waals surface area contributed by atoms with Gasteiger partial charge in [0.05, 0.1) is 11.3 Å². The molecule has 4 N–H and O–H groups in total. The van der Waals surface area contributed by atoms with Crippen LogP contribution in [0.25, 0.3) is 0 Å². The summed E-state index contributed by atoms with van der Waals surface area (Å²) in [5.74, 6) is -0.334. The lowest BCUT2D eigenvalue weighted by Crippen LogP contribution is -2.52. The Morgan fingerprint density at radius 3 is 2.35 bits per heavy atom. The summed E-state index contributed by atoms with van der Waals surface area (Å²) in [6.07, 6.45) is 0. The SMILES string of the molecule is CC(C)(NS(=O)(=O)Cc1ccccc1)C(=N)N. The van der Waals surface area contributed by atoms with Gasteiger partial charge in [0.2, 0.25) is 10.0 Å². The van der Waals surface area contributed by atoms with Gasteiger partial charge in [0, 0.05) is 0 Å². The summed E-state index contributed by atoms with van der Waals surface area (Å²) >= 11 is 0. The molecule has 0 saturated heterocycles. The molecule has 5 nitrogen and oxygen atoms in total. The molecule has 1 rings (SSSR count). The highest BCUT2D eigenvalue weighted by Gasteiger charge is 2.27. The van der Waals surface area contributed by atoms with E-state index >= 15 is 0 Å². The van der Waals surface area contributed by atoms with E-state index in [4.69, 9.17) is 11.1 Å². The lowest BCUT2D eigenvalue weighted by atomic mass is 10.1. The molecule has 0 fully saturated rings. The van der Waals surface area contributed by atoms with Crippen molar-refractivity contribution in [2.45, 2.75) is 25.1 Å². The quantitative estimate of drug-likeness (QED) is 0.537. The molecule has 0 aliphatic heterocycles. The van der Waals surface area contributed by atoms with Crippen LogP contribution in [-0.2, 0) is 15.8 Å². The van der Waals surface area contributed by atoms with Gasteiger partial charge in [-0.25, -0.2) is 13.1 Å². The number of hydrogen-bond donors (Lipinski definition) is 3. The Labute approximate surface area is 102 Å². The van der Waals surface area contributed by atoms with E-state index in [0.717, 1.165) is 0 Å². The van der Waals surface area contributed by atoms with Gasteiger partial charge in [0.25, 0.3) is 0 Å². The van der Waals surface area contributed by atoms with E-state index < -0.39 is 15.6 Å². The second-order valence-corrected chi connectivity index (χ2v) is 6.11. The number of hydrogen-bond acceptors (Lipinski definition) is 3. The first kappa shape index (κ1) is 13.7. The van der Waals surface area contributed by atoms with Gasteiger partial charge in [-0.1, -0.05) is 30.3 Å². The predicted octanol–water partition coefficient (Wildman–Crippen LogP) is 0.821. The summed E-state index contributed by atoms with van der Waals surface area (Å²) in [5.41, 5.74) is 4.96. The van der Waals surface area contributed by atoms with Crippen LogP contribution >= 0.6 is 0 Å². The van der Waals surface area contributed by atoms with Crippen LogP contribution in [-0.4, -0.2) is 19.8 Å². The van der Waals surface area contributed by atoms with Crippen molar-refractivity contribution in [2.24, 2.45) is 5.73 Å². The number of sulfonamides is 1. The Kier molecular flexibility index (Phi) is 3.90. The number of nitrogens with one attached hydrogen (secondary N) is 2. The maximum Gasteiger partial charge on any atom is 0.216 e. The van der Waals surface area contributed by atoms with Crippen molar-refractivity contribution in [3.05, 3.63) is 35.9 Å². The zero-order valence-corrected chi connectivity index (χ0v) is 10.7. The molecule has 0 saturated carbocycles. The van der Waals surface area contributed by atoms with Crippen LogP contribution in [0.1, 0.15) is 19.4 Å². The van der Waals surface area contributed by atoms with Crippen LogP contribution in [0, 0.1) is 5.41 Å². The van der Waals surface area contributed by atoms with Gasteiger partial charge >= 0.3 is 0 Å². The van der Waals surface area contributed by atoms with E-state index in [0.29, 0.717) is 5.56 Å². The number of amidine groups is 1. The Balaban J connectivity index is 2.81. The molecule has 0 heterocycles. The fourth-order valence-electron chi connectivity index (χ4n) is 1.27. The molecule has 0 spiro atoms. The molecule has 1 aromatic rings. The minimum absolute atomic E-state index is 0.120. The van der Waals surface area contributed by atoms with Gasteiger partial charge < -0.3 is 5.73 Å². The zero-order chi connectivity index (χ0) is 13.1. The third-order valence-corrected chi connectivity index (χ3v) is 3.82. The van der Waals surface area contributed by atoms with Gasteiger partial charge in [-0.15, -0.1) is 0 Å². The van der Waals surface area contributed by atoms with Crippen LogP contribution in [0.15, 0.2) is 30.3 Å². The topological polar surface area (TPSA) is 96.0 Å². The fourth-order valence-corrected chi connectivity index (χ4v) is 2.86. The number of nitrogens with two attached hydrogens (primary N) is 1. The van der Waals surface area contributed by atoms with Crippen molar-refractivity contribution < 1.29 is 8.42 Å². The van der Waals surface area contributed by atoms with Gasteiger partial charge in [0.15, 0.2) is 0 Å². The van der Waals surface area contributed by atoms with Gasteiger partial charge in [-0.05, 0) is 19.4 Å². The molecule has 6 heteroatoms. The molecule has 0 unspecified atom stereocenters. The number of rotatable bonds is 5. The first-order valence-electron chi connectivity index (χ1n) is 5.13. The Morgan fingerprint density at radius 2 is 1.88 bits per heavy atom. The van der Waals surface area contributed by atoms with Crippen LogP contribution < -0.4 is 10.5 Å². The normalized spacial score (nSPS) is 12.4. The molecule has 17 heavy (non-hydrogen) atoms. The molecule has 0 aliphatic carbocycles. The summed E-state index contributed by atoms with van der Waals surface area (Å²) in [6, 6.07) is 8.85. The molecule has 0 aromatic heterocycles. The monoisotopic (exact) mass is 255 g/mol. The molecule has 0 atom stereocenters. The highest BCUT2D eigenvalue weighted by atomic mass is 32.2. The first-order chi connectivity index (χ1) is 7.73. The first-order valence-corrected chi connectivity index (χ1v) is 6.78. The standard InChI is InChI=1S/C11H17N3O2S/c1-11(2,10(12)13)14-17(15,16)8-9-6-4-3-5-7-9/h3-7,14H,8H2,1-2H3,(H3,12,13). The van der Waals surface area contributed by atoms with E-state index in [2.05, 4.69) is 4.72 Å². The summed E-state index contributed by atoms with van der Waals surface area (Å²) in [6.45, 7) is 3.11. The maximum absolute atomic E-state index is 11.9. The largest absolute Gasteiger partial charge is 0.386 e. The molecule has 0 aliphatic rings. The Morgan fingerprint density at radius 1 is 1.35 bits per heavy atom. The number of benzene rings is 1. The van der Waals surface area contributed by atoms with Crippen LogP contribution in [0.4, 0.5) is 0 Å². The van der Waals surface area contributed by atoms with Crippen molar-refractivity contribution >= 4 is 15.9 Å². The van der Waals surface area contributed by atoms with Gasteiger partial charge in [-0.2, -0.15) is 0 Å². The van der Waals surface area contributed by atoms with E-state index in [-0.39, 0.29) is 11.6 Å². The van der Waals surface area contributed by atoms with Gasteiger partial charge in [-0.3, -0.25) is 5.41 Å². The van der Waals surface area contributed by atoms with Crippen molar-refractivity contribution in [1.82, 2.24) is 4.72 Å². The summed E-state index contributed by atoms with van der Waals surface area (Å²) < 4.78 is 26.1. The third kappa shape index (κ3) is 4.16. The van der Waals surface area contributed by atoms with Crippen LogP contribution in [0.5, 0.6) is 0 Å². The molecule has 0 amide bonds. The molecule has 0 bridgehead atoms. The summed E-state index contributed by atoms with van der Waals surface area (Å²) in [7, 11) is -3.51. The molecular formula is C11H17N3O2S. The molecule has 94 valence electrons. The minimum Gasteiger partial charge on any atom is -0.386 e. The highest BCUT2D eigenvalue weighted by molar-refractivity contribution is 7.88. The highest BCUT2D eigenvalue weighted by Crippen LogP contribution is 2.09. The van der Waals surface area contributed by atoms with Crippen molar-refractivity contribution in [1.29, 1.82) is 5.41 Å². The van der Waals surface area contributed by atoms with E-state index in [1.165, 1.54) is 0 Å². The molecule has 0 radical (unpaired) electrons. The summed E-state index contributed by atoms with van der Waals surface area (Å²) in [4.78, 5) is 0. The second-order valence-electron chi connectivity index (χ2n) is 4.39. The average Bonchev–Trinajstić information content (AvgIpc) is 2.16.